The summed E-state index contributed by atoms with van der Waals surface area (Å²) in [6.07, 6.45) is 0.608. The highest BCUT2D eigenvalue weighted by Gasteiger charge is 2.50. The van der Waals surface area contributed by atoms with Crippen molar-refractivity contribution in [2.45, 2.75) is 32.4 Å². The van der Waals surface area contributed by atoms with Crippen molar-refractivity contribution in [2.75, 3.05) is 18.1 Å². The largest absolute Gasteiger partial charge is 0.361 e. The Hall–Kier alpha value is -1.80. The molecule has 25 heavy (non-hydrogen) atoms. The summed E-state index contributed by atoms with van der Waals surface area (Å²) in [5.74, 6) is -2.67. The van der Waals surface area contributed by atoms with Crippen LogP contribution in [-0.2, 0) is 21.1 Å². The van der Waals surface area contributed by atoms with E-state index >= 15 is 0 Å². The van der Waals surface area contributed by atoms with E-state index in [1.165, 1.54) is 0 Å². The molecule has 0 bridgehead atoms. The zero-order valence-corrected chi connectivity index (χ0v) is 14.9. The lowest BCUT2D eigenvalue weighted by molar-refractivity contribution is -0.268. The number of hydrogen-bond acceptors (Lipinski definition) is 4. The Kier molecular flexibility index (Phi) is 4.68. The first kappa shape index (κ1) is 18.0. The summed E-state index contributed by atoms with van der Waals surface area (Å²) >= 11 is 0. The van der Waals surface area contributed by atoms with Crippen molar-refractivity contribution in [1.82, 2.24) is 9.78 Å². The normalized spacial score (nSPS) is 19.6. The quantitative estimate of drug-likeness (QED) is 0.784. The average Bonchev–Trinajstić information content (AvgIpc) is 2.94. The standard InChI is InChI=1S/C17H20F2N2O3S/c1-3-25(22,23)9-8-21-10-12(2)15(20-21)13-4-6-14(7-5-13)16-17(18,19)11-24-16/h4-7,10,16H,3,8-9,11H2,1-2H3. The summed E-state index contributed by atoms with van der Waals surface area (Å²) in [6, 6.07) is 6.70. The lowest BCUT2D eigenvalue weighted by Gasteiger charge is -2.36. The maximum absolute atomic E-state index is 13.4. The van der Waals surface area contributed by atoms with Gasteiger partial charge in [-0.15, -0.1) is 0 Å². The lowest BCUT2D eigenvalue weighted by atomic mass is 9.97. The molecule has 1 atom stereocenters. The Labute approximate surface area is 145 Å². The summed E-state index contributed by atoms with van der Waals surface area (Å²) < 4.78 is 56.6. The molecule has 2 aromatic rings. The number of alkyl halides is 2. The molecule has 1 aromatic heterocycles. The topological polar surface area (TPSA) is 61.2 Å². The zero-order valence-electron chi connectivity index (χ0n) is 14.1. The Morgan fingerprint density at radius 1 is 1.32 bits per heavy atom. The number of aromatic nitrogens is 2. The van der Waals surface area contributed by atoms with Crippen LogP contribution in [0.15, 0.2) is 30.5 Å². The Morgan fingerprint density at radius 2 is 2.00 bits per heavy atom. The fourth-order valence-electron chi connectivity index (χ4n) is 2.75. The van der Waals surface area contributed by atoms with Gasteiger partial charge in [0, 0.05) is 17.5 Å². The van der Waals surface area contributed by atoms with Crippen LogP contribution in [0.3, 0.4) is 0 Å². The number of aryl methyl sites for hydroxylation is 2. The van der Waals surface area contributed by atoms with Crippen LogP contribution in [0.2, 0.25) is 0 Å². The number of nitrogens with zero attached hydrogens (tertiary/aromatic N) is 2. The highest BCUT2D eigenvalue weighted by Crippen LogP contribution is 2.43. The van der Waals surface area contributed by atoms with Gasteiger partial charge >= 0.3 is 5.92 Å². The number of halogens is 2. The van der Waals surface area contributed by atoms with Crippen molar-refractivity contribution in [2.24, 2.45) is 0 Å². The first-order valence-corrected chi connectivity index (χ1v) is 9.88. The molecule has 0 saturated carbocycles. The van der Waals surface area contributed by atoms with Gasteiger partial charge in [-0.2, -0.15) is 5.10 Å². The molecule has 0 aliphatic carbocycles. The molecule has 1 saturated heterocycles. The van der Waals surface area contributed by atoms with E-state index in [-0.39, 0.29) is 18.1 Å². The fraction of sp³-hybridized carbons (Fsp3) is 0.471. The summed E-state index contributed by atoms with van der Waals surface area (Å²) in [6.45, 7) is 3.25. The van der Waals surface area contributed by atoms with Crippen LogP contribution in [0, 0.1) is 6.92 Å². The molecular weight excluding hydrogens is 350 g/mol. The van der Waals surface area contributed by atoms with Gasteiger partial charge in [0.2, 0.25) is 0 Å². The second-order valence-corrected chi connectivity index (χ2v) is 8.71. The molecular formula is C17H20F2N2O3S. The van der Waals surface area contributed by atoms with E-state index in [4.69, 9.17) is 4.74 Å². The maximum atomic E-state index is 13.4. The number of hydrogen-bond donors (Lipinski definition) is 0. The molecule has 1 aliphatic rings. The van der Waals surface area contributed by atoms with Gasteiger partial charge in [0.15, 0.2) is 9.84 Å². The molecule has 136 valence electrons. The van der Waals surface area contributed by atoms with Gasteiger partial charge in [0.25, 0.3) is 0 Å². The van der Waals surface area contributed by atoms with Crippen LogP contribution in [0.5, 0.6) is 0 Å². The molecule has 5 nitrogen and oxygen atoms in total. The molecule has 3 rings (SSSR count). The monoisotopic (exact) mass is 370 g/mol. The molecule has 1 aliphatic heterocycles. The lowest BCUT2D eigenvalue weighted by Crippen LogP contribution is -2.44. The van der Waals surface area contributed by atoms with Gasteiger partial charge in [0.05, 0.1) is 18.0 Å². The third kappa shape index (κ3) is 3.74. The van der Waals surface area contributed by atoms with Crippen LogP contribution in [-0.4, -0.2) is 42.2 Å². The molecule has 0 amide bonds. The van der Waals surface area contributed by atoms with E-state index in [9.17, 15) is 17.2 Å². The Morgan fingerprint density at radius 3 is 2.52 bits per heavy atom. The molecule has 1 fully saturated rings. The van der Waals surface area contributed by atoms with Crippen LogP contribution < -0.4 is 0 Å². The van der Waals surface area contributed by atoms with Crippen molar-refractivity contribution in [3.8, 4) is 11.3 Å². The summed E-state index contributed by atoms with van der Waals surface area (Å²) in [5, 5.41) is 4.43. The van der Waals surface area contributed by atoms with Crippen molar-refractivity contribution in [3.63, 3.8) is 0 Å². The summed E-state index contributed by atoms with van der Waals surface area (Å²) in [4.78, 5) is 0. The van der Waals surface area contributed by atoms with E-state index < -0.39 is 28.5 Å². The zero-order chi connectivity index (χ0) is 18.2. The molecule has 8 heteroatoms. The van der Waals surface area contributed by atoms with E-state index in [2.05, 4.69) is 5.10 Å². The second-order valence-electron chi connectivity index (χ2n) is 6.23. The van der Waals surface area contributed by atoms with Crippen LogP contribution >= 0.6 is 0 Å². The van der Waals surface area contributed by atoms with Crippen molar-refractivity contribution in [3.05, 3.63) is 41.6 Å². The minimum atomic E-state index is -3.05. The molecule has 2 heterocycles. The second kappa shape index (κ2) is 6.49. The van der Waals surface area contributed by atoms with Gasteiger partial charge in [-0.25, -0.2) is 17.2 Å². The van der Waals surface area contributed by atoms with Crippen LogP contribution in [0.4, 0.5) is 8.78 Å². The molecule has 0 spiro atoms. The van der Waals surface area contributed by atoms with Gasteiger partial charge < -0.3 is 4.74 Å². The van der Waals surface area contributed by atoms with E-state index in [1.807, 2.05) is 6.92 Å². The highest BCUT2D eigenvalue weighted by atomic mass is 32.2. The van der Waals surface area contributed by atoms with Gasteiger partial charge in [-0.1, -0.05) is 31.2 Å². The summed E-state index contributed by atoms with van der Waals surface area (Å²) in [5.41, 5.74) is 2.83. The van der Waals surface area contributed by atoms with Crippen molar-refractivity contribution < 1.29 is 21.9 Å². The Balaban J connectivity index is 1.76. The number of sulfone groups is 1. The Bertz CT molecular complexity index is 861. The maximum Gasteiger partial charge on any atom is 0.300 e. The molecule has 0 radical (unpaired) electrons. The third-order valence-corrected chi connectivity index (χ3v) is 6.01. The van der Waals surface area contributed by atoms with E-state index in [1.54, 1.807) is 42.1 Å². The van der Waals surface area contributed by atoms with E-state index in [0.717, 1.165) is 11.1 Å². The SMILES string of the molecule is CCS(=O)(=O)CCn1cc(C)c(-c2ccc(C3OCC3(F)F)cc2)n1. The molecule has 1 unspecified atom stereocenters. The third-order valence-electron chi connectivity index (χ3n) is 4.33. The van der Waals surface area contributed by atoms with Crippen LogP contribution in [0.25, 0.3) is 11.3 Å². The fourth-order valence-corrected chi connectivity index (χ4v) is 3.50. The van der Waals surface area contributed by atoms with Gasteiger partial charge in [-0.3, -0.25) is 4.68 Å². The number of benzene rings is 1. The highest BCUT2D eigenvalue weighted by molar-refractivity contribution is 7.91. The van der Waals surface area contributed by atoms with Gasteiger partial charge in [0.1, 0.15) is 12.7 Å². The minimum absolute atomic E-state index is 0.0388. The van der Waals surface area contributed by atoms with E-state index in [0.29, 0.717) is 11.3 Å². The average molecular weight is 370 g/mol. The van der Waals surface area contributed by atoms with Crippen LogP contribution in [0.1, 0.15) is 24.2 Å². The van der Waals surface area contributed by atoms with Crippen molar-refractivity contribution >= 4 is 9.84 Å². The smallest absolute Gasteiger partial charge is 0.300 e. The van der Waals surface area contributed by atoms with Crippen molar-refractivity contribution in [1.29, 1.82) is 0 Å². The summed E-state index contributed by atoms with van der Waals surface area (Å²) in [7, 11) is -3.05. The first-order valence-electron chi connectivity index (χ1n) is 8.06. The minimum Gasteiger partial charge on any atom is -0.361 e. The predicted molar refractivity (Wildman–Crippen MR) is 90.4 cm³/mol. The molecule has 1 aromatic carbocycles. The number of rotatable bonds is 6. The molecule has 0 N–H and O–H groups in total. The van der Waals surface area contributed by atoms with Gasteiger partial charge in [-0.05, 0) is 18.1 Å². The predicted octanol–water partition coefficient (Wildman–Crippen LogP) is 3.00. The number of ether oxygens (including phenoxy) is 1. The first-order chi connectivity index (χ1) is 11.7.